The Labute approximate surface area is 254 Å². The van der Waals surface area contributed by atoms with E-state index in [4.69, 9.17) is 9.97 Å². The van der Waals surface area contributed by atoms with Gasteiger partial charge in [-0.15, -0.1) is 23.1 Å². The first-order valence-corrected chi connectivity index (χ1v) is 18.0. The van der Waals surface area contributed by atoms with Crippen molar-refractivity contribution in [2.24, 2.45) is 5.92 Å². The van der Waals surface area contributed by atoms with Gasteiger partial charge in [-0.05, 0) is 92.8 Å². The van der Waals surface area contributed by atoms with E-state index in [1.54, 1.807) is 13.8 Å². The minimum Gasteiger partial charge on any atom is -0.362 e. The summed E-state index contributed by atoms with van der Waals surface area (Å²) in [6, 6.07) is 8.28. The number of thioether (sulfide) groups is 1. The third-order valence-corrected chi connectivity index (χ3v) is 13.9. The zero-order valence-electron chi connectivity index (χ0n) is 23.2. The predicted molar refractivity (Wildman–Crippen MR) is 171 cm³/mol. The third-order valence-electron chi connectivity index (χ3n) is 7.32. The van der Waals surface area contributed by atoms with Gasteiger partial charge in [-0.1, -0.05) is 18.6 Å². The molecule has 212 valence electrons. The smallest absolute Gasteiger partial charge is 0.262 e. The summed E-state index contributed by atoms with van der Waals surface area (Å²) in [5, 5.41) is 3.74. The number of aryl methyl sites for hydroxylation is 1. The number of amides is 1. The summed E-state index contributed by atoms with van der Waals surface area (Å²) in [7, 11) is 0.575. The number of benzene rings is 1. The number of para-hydroxylation sites is 1. The Morgan fingerprint density at radius 1 is 1.18 bits per heavy atom. The molecule has 1 amide bonds. The third kappa shape index (κ3) is 6.90. The summed E-state index contributed by atoms with van der Waals surface area (Å²) in [5.41, 5.74) is 0.987. The van der Waals surface area contributed by atoms with Crippen molar-refractivity contribution >= 4 is 78.2 Å². The predicted octanol–water partition coefficient (Wildman–Crippen LogP) is 6.58. The lowest BCUT2D eigenvalue weighted by Crippen LogP contribution is -2.37. The van der Waals surface area contributed by atoms with Gasteiger partial charge in [0.05, 0.1) is 18.5 Å². The van der Waals surface area contributed by atoms with Crippen LogP contribution >= 0.6 is 45.7 Å². The van der Waals surface area contributed by atoms with Gasteiger partial charge in [-0.25, -0.2) is 18.4 Å². The molecule has 0 saturated heterocycles. The van der Waals surface area contributed by atoms with Crippen LogP contribution in [0.3, 0.4) is 0 Å². The average molecular weight is 701 g/mol. The molecular weight excluding hydrogens is 663 g/mol. The second-order valence-corrected chi connectivity index (χ2v) is 16.2. The van der Waals surface area contributed by atoms with Crippen LogP contribution in [0, 0.1) is 9.49 Å². The number of anilines is 1. The van der Waals surface area contributed by atoms with E-state index in [0.717, 1.165) is 67.5 Å². The van der Waals surface area contributed by atoms with E-state index in [1.807, 2.05) is 66.0 Å². The Morgan fingerprint density at radius 3 is 2.51 bits per heavy atom. The molecular formula is C28H37IN4O3S3. The van der Waals surface area contributed by atoms with Gasteiger partial charge in [0.1, 0.15) is 21.4 Å². The maximum Gasteiger partial charge on any atom is 0.262 e. The molecule has 1 aromatic carbocycles. The van der Waals surface area contributed by atoms with Gasteiger partial charge in [0.2, 0.25) is 0 Å². The van der Waals surface area contributed by atoms with E-state index >= 15 is 0 Å². The normalized spacial score (nSPS) is 18.0. The fourth-order valence-electron chi connectivity index (χ4n) is 5.09. The summed E-state index contributed by atoms with van der Waals surface area (Å²) in [6.45, 7) is 3.36. The van der Waals surface area contributed by atoms with E-state index in [9.17, 15) is 13.2 Å². The van der Waals surface area contributed by atoms with Crippen LogP contribution in [0.5, 0.6) is 0 Å². The summed E-state index contributed by atoms with van der Waals surface area (Å²) in [6.07, 6.45) is 8.95. The second kappa shape index (κ2) is 13.0. The molecule has 0 radical (unpaired) electrons. The number of hydrogen-bond acceptors (Lipinski definition) is 8. The van der Waals surface area contributed by atoms with Gasteiger partial charge in [0.15, 0.2) is 9.84 Å². The zero-order chi connectivity index (χ0) is 28.3. The molecule has 2 aromatic heterocycles. The molecule has 1 fully saturated rings. The first kappa shape index (κ1) is 30.5. The number of aromatic nitrogens is 2. The minimum absolute atomic E-state index is 0.126. The number of hydrogen-bond donors (Lipinski definition) is 1. The highest BCUT2D eigenvalue weighted by Crippen LogP contribution is 2.41. The molecule has 4 rings (SSSR count). The van der Waals surface area contributed by atoms with Crippen LogP contribution < -0.4 is 10.2 Å². The van der Waals surface area contributed by atoms with Gasteiger partial charge >= 0.3 is 0 Å². The number of carbonyl (C=O) groups is 1. The number of halogens is 1. The Hall–Kier alpha value is -1.44. The molecule has 2 heterocycles. The van der Waals surface area contributed by atoms with Crippen molar-refractivity contribution in [3.63, 3.8) is 0 Å². The second-order valence-electron chi connectivity index (χ2n) is 10.6. The van der Waals surface area contributed by atoms with Crippen LogP contribution in [0.25, 0.3) is 10.9 Å². The van der Waals surface area contributed by atoms with Gasteiger partial charge in [-0.3, -0.25) is 4.79 Å². The van der Waals surface area contributed by atoms with E-state index in [2.05, 4.69) is 11.4 Å². The van der Waals surface area contributed by atoms with E-state index in [-0.39, 0.29) is 11.9 Å². The lowest BCUT2D eigenvalue weighted by atomic mass is 9.83. The van der Waals surface area contributed by atoms with Gasteiger partial charge in [-0.2, -0.15) is 0 Å². The lowest BCUT2D eigenvalue weighted by Gasteiger charge is -2.29. The molecule has 39 heavy (non-hydrogen) atoms. The summed E-state index contributed by atoms with van der Waals surface area (Å²) >= 11 is 4.71. The highest BCUT2D eigenvalue weighted by atomic mass is 127. The topological polar surface area (TPSA) is 92.3 Å². The number of nitrogens with one attached hydrogen (secondary N) is 1. The molecule has 0 aliphatic heterocycles. The minimum atomic E-state index is -3.46. The molecule has 1 N–H and O–H groups in total. The summed E-state index contributed by atoms with van der Waals surface area (Å²) in [5.74, 6) is 2.34. The SMILES string of the molecule is CSc1sc(C(=O)NC2CCC(CCCc3nc(N(C)C)c4ccccc4n3)CC2)c(I)c1S(=O)(=O)C(C)C. The van der Waals surface area contributed by atoms with Crippen molar-refractivity contribution in [3.8, 4) is 0 Å². The highest BCUT2D eigenvalue weighted by Gasteiger charge is 2.32. The van der Waals surface area contributed by atoms with Gasteiger partial charge in [0.25, 0.3) is 5.91 Å². The van der Waals surface area contributed by atoms with Crippen LogP contribution in [0.4, 0.5) is 5.82 Å². The van der Waals surface area contributed by atoms with E-state index < -0.39 is 15.1 Å². The van der Waals surface area contributed by atoms with Crippen molar-refractivity contribution in [2.75, 3.05) is 25.3 Å². The van der Waals surface area contributed by atoms with Gasteiger partial charge < -0.3 is 10.2 Å². The molecule has 7 nitrogen and oxygen atoms in total. The van der Waals surface area contributed by atoms with Crippen LogP contribution in [-0.4, -0.2) is 55.9 Å². The molecule has 1 saturated carbocycles. The number of thiophene rings is 1. The molecule has 3 aromatic rings. The van der Waals surface area contributed by atoms with Crippen molar-refractivity contribution in [3.05, 3.63) is 38.5 Å². The van der Waals surface area contributed by atoms with Crippen molar-refractivity contribution in [1.82, 2.24) is 15.3 Å². The van der Waals surface area contributed by atoms with E-state index in [0.29, 0.717) is 23.5 Å². The van der Waals surface area contributed by atoms with E-state index in [1.165, 1.54) is 23.1 Å². The Bertz CT molecular complexity index is 1430. The molecule has 11 heteroatoms. The standard InChI is InChI=1S/C28H37IN4O3S3/c1-17(2)39(35,36)25-23(29)24(38-28(25)37-5)27(34)30-19-15-13-18(14-16-19)9-8-12-22-31-21-11-7-6-10-20(21)26(32-22)33(3)4/h6-7,10-11,17-19H,8-9,12-16H2,1-5H3,(H,30,34). The number of carbonyl (C=O) groups excluding carboxylic acids is 1. The molecule has 0 bridgehead atoms. The molecule has 1 aliphatic rings. The van der Waals surface area contributed by atoms with Crippen molar-refractivity contribution in [1.29, 1.82) is 0 Å². The molecule has 0 unspecified atom stereocenters. The highest BCUT2D eigenvalue weighted by molar-refractivity contribution is 14.1. The van der Waals surface area contributed by atoms with Crippen LogP contribution in [0.1, 0.15) is 67.9 Å². The molecule has 0 spiro atoms. The number of nitrogens with zero attached hydrogens (tertiary/aromatic N) is 3. The Morgan fingerprint density at radius 2 is 1.87 bits per heavy atom. The zero-order valence-corrected chi connectivity index (χ0v) is 27.8. The monoisotopic (exact) mass is 700 g/mol. The van der Waals surface area contributed by atoms with Crippen LogP contribution in [0.2, 0.25) is 0 Å². The number of sulfone groups is 1. The maximum atomic E-state index is 13.2. The average Bonchev–Trinajstić information content (AvgIpc) is 3.26. The fourth-order valence-corrected chi connectivity index (χ4v) is 11.0. The first-order valence-electron chi connectivity index (χ1n) is 13.4. The number of rotatable bonds is 10. The summed E-state index contributed by atoms with van der Waals surface area (Å²) < 4.78 is 27.1. The van der Waals surface area contributed by atoms with Crippen LogP contribution in [0.15, 0.2) is 33.4 Å². The largest absolute Gasteiger partial charge is 0.362 e. The molecule has 1 aliphatic carbocycles. The fraction of sp³-hybridized carbons (Fsp3) is 0.536. The van der Waals surface area contributed by atoms with Crippen molar-refractivity contribution in [2.45, 2.75) is 79.2 Å². The van der Waals surface area contributed by atoms with Gasteiger partial charge in [0, 0.05) is 31.9 Å². The quantitative estimate of drug-likeness (QED) is 0.189. The Balaban J connectivity index is 1.31. The first-order chi connectivity index (χ1) is 18.5. The van der Waals surface area contributed by atoms with Crippen LogP contribution in [-0.2, 0) is 16.3 Å². The van der Waals surface area contributed by atoms with Crippen molar-refractivity contribution < 1.29 is 13.2 Å². The number of fused-ring (bicyclic) bond motifs is 1. The lowest BCUT2D eigenvalue weighted by molar-refractivity contribution is 0.0924. The maximum absolute atomic E-state index is 13.2. The Kier molecular flexibility index (Phi) is 10.2. The summed E-state index contributed by atoms with van der Waals surface area (Å²) in [4.78, 5) is 25.7. The molecule has 0 atom stereocenters.